The number of carbonyl (C=O) groups is 1. The van der Waals surface area contributed by atoms with Crippen LogP contribution in [-0.2, 0) is 0 Å². The van der Waals surface area contributed by atoms with Crippen LogP contribution in [0, 0.1) is 5.41 Å². The van der Waals surface area contributed by atoms with E-state index >= 15 is 0 Å². The van der Waals surface area contributed by atoms with E-state index in [0.717, 1.165) is 58.1 Å². The molecule has 4 heterocycles. The van der Waals surface area contributed by atoms with E-state index in [2.05, 4.69) is 19.8 Å². The van der Waals surface area contributed by atoms with Crippen LogP contribution in [-0.4, -0.2) is 65.1 Å². The number of amides is 2. The molecule has 1 spiro atoms. The summed E-state index contributed by atoms with van der Waals surface area (Å²) in [5, 5.41) is 0. The van der Waals surface area contributed by atoms with Crippen LogP contribution in [0.2, 0.25) is 0 Å². The van der Waals surface area contributed by atoms with E-state index in [-0.39, 0.29) is 6.03 Å². The Labute approximate surface area is 143 Å². The fourth-order valence-electron chi connectivity index (χ4n) is 4.42. The van der Waals surface area contributed by atoms with Gasteiger partial charge in [0.2, 0.25) is 5.95 Å². The van der Waals surface area contributed by atoms with Crippen molar-refractivity contribution in [3.63, 3.8) is 0 Å². The van der Waals surface area contributed by atoms with E-state index in [0.29, 0.717) is 5.41 Å². The average Bonchev–Trinajstić information content (AvgIpc) is 3.18. The zero-order chi connectivity index (χ0) is 16.4. The van der Waals surface area contributed by atoms with Gasteiger partial charge in [-0.05, 0) is 50.0 Å². The summed E-state index contributed by atoms with van der Waals surface area (Å²) in [6.07, 6.45) is 10.6. The average molecular weight is 329 g/mol. The molecule has 0 aromatic carbocycles. The van der Waals surface area contributed by atoms with E-state index in [1.165, 1.54) is 25.7 Å². The number of hydrogen-bond donors (Lipinski definition) is 0. The highest BCUT2D eigenvalue weighted by Crippen LogP contribution is 2.41. The van der Waals surface area contributed by atoms with Crippen molar-refractivity contribution < 1.29 is 4.79 Å². The Morgan fingerprint density at radius 3 is 2.00 bits per heavy atom. The molecule has 4 rings (SSSR count). The summed E-state index contributed by atoms with van der Waals surface area (Å²) in [7, 11) is 0. The van der Waals surface area contributed by atoms with Crippen LogP contribution in [0.15, 0.2) is 18.5 Å². The van der Waals surface area contributed by atoms with Crippen molar-refractivity contribution in [3.05, 3.63) is 18.5 Å². The van der Waals surface area contributed by atoms with Crippen molar-refractivity contribution in [3.8, 4) is 0 Å². The minimum absolute atomic E-state index is 0.275. The third-order valence-electron chi connectivity index (χ3n) is 6.13. The highest BCUT2D eigenvalue weighted by Gasteiger charge is 2.39. The van der Waals surface area contributed by atoms with Gasteiger partial charge in [-0.25, -0.2) is 14.8 Å². The molecular formula is C18H27N5O. The van der Waals surface area contributed by atoms with Crippen LogP contribution in [0.25, 0.3) is 0 Å². The summed E-state index contributed by atoms with van der Waals surface area (Å²) in [4.78, 5) is 27.7. The molecule has 3 aliphatic heterocycles. The second-order valence-electron chi connectivity index (χ2n) is 7.50. The minimum atomic E-state index is 0.275. The van der Waals surface area contributed by atoms with Crippen molar-refractivity contribution in [1.82, 2.24) is 19.8 Å². The summed E-state index contributed by atoms with van der Waals surface area (Å²) in [6, 6.07) is 2.14. The molecule has 0 unspecified atom stereocenters. The van der Waals surface area contributed by atoms with Gasteiger partial charge in [0.25, 0.3) is 0 Å². The van der Waals surface area contributed by atoms with Gasteiger partial charge in [0.1, 0.15) is 0 Å². The fourth-order valence-corrected chi connectivity index (χ4v) is 4.42. The number of anilines is 1. The van der Waals surface area contributed by atoms with Gasteiger partial charge in [0.05, 0.1) is 0 Å². The molecule has 0 bridgehead atoms. The SMILES string of the molecule is O=C(N1CCCC1)N1CCC2(CC1)CCN(c1ncccn1)CC2. The van der Waals surface area contributed by atoms with Crippen LogP contribution < -0.4 is 4.90 Å². The van der Waals surface area contributed by atoms with Crippen LogP contribution in [0.1, 0.15) is 38.5 Å². The largest absolute Gasteiger partial charge is 0.341 e. The Hall–Kier alpha value is -1.85. The number of hydrogen-bond acceptors (Lipinski definition) is 4. The molecule has 24 heavy (non-hydrogen) atoms. The highest BCUT2D eigenvalue weighted by atomic mass is 16.2. The smallest absolute Gasteiger partial charge is 0.319 e. The molecule has 0 atom stereocenters. The van der Waals surface area contributed by atoms with E-state index in [1.807, 2.05) is 23.4 Å². The van der Waals surface area contributed by atoms with Crippen molar-refractivity contribution in [2.24, 2.45) is 5.41 Å². The Morgan fingerprint density at radius 2 is 1.38 bits per heavy atom. The van der Waals surface area contributed by atoms with Gasteiger partial charge in [-0.3, -0.25) is 0 Å². The maximum absolute atomic E-state index is 12.5. The van der Waals surface area contributed by atoms with Crippen molar-refractivity contribution >= 4 is 12.0 Å². The molecule has 3 fully saturated rings. The summed E-state index contributed by atoms with van der Waals surface area (Å²) < 4.78 is 0. The molecule has 6 nitrogen and oxygen atoms in total. The van der Waals surface area contributed by atoms with Gasteiger partial charge in [0, 0.05) is 51.7 Å². The van der Waals surface area contributed by atoms with E-state index in [9.17, 15) is 4.79 Å². The van der Waals surface area contributed by atoms with Crippen LogP contribution >= 0.6 is 0 Å². The maximum atomic E-state index is 12.5. The van der Waals surface area contributed by atoms with Crippen molar-refractivity contribution in [2.75, 3.05) is 44.2 Å². The lowest BCUT2D eigenvalue weighted by molar-refractivity contribution is 0.0815. The standard InChI is InChI=1S/C18H27N5O/c24-17(22-10-1-2-11-22)23-14-6-18(7-15-23)4-12-21(13-5-18)16-19-8-3-9-20-16/h3,8-9H,1-2,4-7,10-15H2. The zero-order valence-electron chi connectivity index (χ0n) is 14.4. The topological polar surface area (TPSA) is 52.6 Å². The Bertz CT molecular complexity index is 554. The Kier molecular flexibility index (Phi) is 4.29. The lowest BCUT2D eigenvalue weighted by atomic mass is 9.71. The summed E-state index contributed by atoms with van der Waals surface area (Å²) >= 11 is 0. The van der Waals surface area contributed by atoms with Gasteiger partial charge >= 0.3 is 6.03 Å². The molecule has 3 saturated heterocycles. The minimum Gasteiger partial charge on any atom is -0.341 e. The number of nitrogens with zero attached hydrogens (tertiary/aromatic N) is 5. The summed E-state index contributed by atoms with van der Waals surface area (Å²) in [5.74, 6) is 0.856. The molecule has 0 N–H and O–H groups in total. The van der Waals surface area contributed by atoms with Crippen LogP contribution in [0.5, 0.6) is 0 Å². The third kappa shape index (κ3) is 3.06. The molecule has 6 heteroatoms. The van der Waals surface area contributed by atoms with Crippen molar-refractivity contribution in [2.45, 2.75) is 38.5 Å². The molecule has 0 aliphatic carbocycles. The zero-order valence-corrected chi connectivity index (χ0v) is 14.4. The summed E-state index contributed by atoms with van der Waals surface area (Å²) in [5.41, 5.74) is 0.424. The van der Waals surface area contributed by atoms with Crippen molar-refractivity contribution in [1.29, 1.82) is 0 Å². The second-order valence-corrected chi connectivity index (χ2v) is 7.50. The Morgan fingerprint density at radius 1 is 0.833 bits per heavy atom. The Balaban J connectivity index is 1.30. The van der Waals surface area contributed by atoms with E-state index in [4.69, 9.17) is 0 Å². The predicted molar refractivity (Wildman–Crippen MR) is 92.9 cm³/mol. The molecular weight excluding hydrogens is 302 g/mol. The molecule has 0 saturated carbocycles. The van der Waals surface area contributed by atoms with Gasteiger partial charge in [0.15, 0.2) is 0 Å². The molecule has 1 aromatic rings. The second kappa shape index (κ2) is 6.57. The first-order valence-corrected chi connectivity index (χ1v) is 9.32. The number of likely N-dealkylation sites (tertiary alicyclic amines) is 2. The quantitative estimate of drug-likeness (QED) is 0.794. The van der Waals surface area contributed by atoms with E-state index < -0.39 is 0 Å². The van der Waals surface area contributed by atoms with Crippen LogP contribution in [0.4, 0.5) is 10.7 Å². The number of carbonyl (C=O) groups excluding carboxylic acids is 1. The molecule has 0 radical (unpaired) electrons. The number of aromatic nitrogens is 2. The third-order valence-corrected chi connectivity index (χ3v) is 6.13. The monoisotopic (exact) mass is 329 g/mol. The maximum Gasteiger partial charge on any atom is 0.319 e. The van der Waals surface area contributed by atoms with Gasteiger partial charge < -0.3 is 14.7 Å². The van der Waals surface area contributed by atoms with E-state index in [1.54, 1.807) is 0 Å². The van der Waals surface area contributed by atoms with Crippen LogP contribution in [0.3, 0.4) is 0 Å². The number of piperidine rings is 2. The lowest BCUT2D eigenvalue weighted by Crippen LogP contribution is -2.51. The number of urea groups is 1. The molecule has 130 valence electrons. The molecule has 1 aromatic heterocycles. The van der Waals surface area contributed by atoms with Gasteiger partial charge in [-0.1, -0.05) is 0 Å². The fraction of sp³-hybridized carbons (Fsp3) is 0.722. The first kappa shape index (κ1) is 15.7. The highest BCUT2D eigenvalue weighted by molar-refractivity contribution is 5.74. The molecule has 2 amide bonds. The lowest BCUT2D eigenvalue weighted by Gasteiger charge is -2.47. The van der Waals surface area contributed by atoms with Gasteiger partial charge in [-0.2, -0.15) is 0 Å². The first-order valence-electron chi connectivity index (χ1n) is 9.32. The number of rotatable bonds is 1. The normalized spacial score (nSPS) is 23.8. The summed E-state index contributed by atoms with van der Waals surface area (Å²) in [6.45, 7) is 5.82. The first-order chi connectivity index (χ1) is 11.8. The predicted octanol–water partition coefficient (Wildman–Crippen LogP) is 2.37. The molecule has 3 aliphatic rings. The van der Waals surface area contributed by atoms with Gasteiger partial charge in [-0.15, -0.1) is 0 Å².